The molecule has 6 nitrogen and oxygen atoms in total. The summed E-state index contributed by atoms with van der Waals surface area (Å²) in [6, 6.07) is 13.5. The van der Waals surface area contributed by atoms with Crippen LogP contribution in [-0.2, 0) is 0 Å². The molecule has 0 aliphatic carbocycles. The van der Waals surface area contributed by atoms with Gasteiger partial charge in [-0.05, 0) is 62.8 Å². The molecule has 0 spiro atoms. The highest BCUT2D eigenvalue weighted by molar-refractivity contribution is 7.23. The van der Waals surface area contributed by atoms with Gasteiger partial charge in [0.05, 0.1) is 23.0 Å². The van der Waals surface area contributed by atoms with E-state index in [2.05, 4.69) is 21.5 Å². The Bertz CT molecular complexity index is 1190. The standard InChI is InChI=1S/C18H15N3O2S.C6H13N/c1-19-17(22)12-6-7-15-16(9-12)24-18-20-14(10-21(15)18)11-4-3-5-13(8-11)23-2;1-2-7-5-3-4-6-7/h3-10H,1-2H3,(H,19,22);2-6H2,1H3. The predicted octanol–water partition coefficient (Wildman–Crippen LogP) is 4.69. The highest BCUT2D eigenvalue weighted by Crippen LogP contribution is 2.31. The lowest BCUT2D eigenvalue weighted by Gasteiger charge is -2.08. The largest absolute Gasteiger partial charge is 0.497 e. The molecule has 7 heteroatoms. The van der Waals surface area contributed by atoms with Crippen molar-refractivity contribution in [2.45, 2.75) is 19.8 Å². The third kappa shape index (κ3) is 4.57. The molecule has 1 amide bonds. The van der Waals surface area contributed by atoms with Crippen LogP contribution in [0, 0.1) is 0 Å². The molecule has 1 N–H and O–H groups in total. The Kier molecular flexibility index (Phi) is 6.53. The van der Waals surface area contributed by atoms with E-state index in [1.807, 2.05) is 48.7 Å². The molecule has 0 bridgehead atoms. The summed E-state index contributed by atoms with van der Waals surface area (Å²) in [5.41, 5.74) is 3.62. The minimum Gasteiger partial charge on any atom is -0.497 e. The van der Waals surface area contributed by atoms with Gasteiger partial charge in [0.1, 0.15) is 5.75 Å². The van der Waals surface area contributed by atoms with Crippen molar-refractivity contribution in [3.8, 4) is 17.0 Å². The molecular formula is C24H28N4O2S. The number of rotatable bonds is 4. The van der Waals surface area contributed by atoms with Crippen molar-refractivity contribution >= 4 is 32.4 Å². The minimum atomic E-state index is -0.0833. The van der Waals surface area contributed by atoms with Crippen molar-refractivity contribution in [2.75, 3.05) is 33.8 Å². The molecule has 31 heavy (non-hydrogen) atoms. The number of carbonyl (C=O) groups is 1. The van der Waals surface area contributed by atoms with E-state index in [-0.39, 0.29) is 5.91 Å². The third-order valence-corrected chi connectivity index (χ3v) is 6.61. The highest BCUT2D eigenvalue weighted by atomic mass is 32.1. The van der Waals surface area contributed by atoms with Gasteiger partial charge in [0.15, 0.2) is 4.96 Å². The maximum absolute atomic E-state index is 11.8. The second kappa shape index (κ2) is 9.49. The van der Waals surface area contributed by atoms with Gasteiger partial charge < -0.3 is 15.0 Å². The first kappa shape index (κ1) is 21.3. The average Bonchev–Trinajstić information content (AvgIpc) is 3.54. The lowest BCUT2D eigenvalue weighted by molar-refractivity contribution is 0.0963. The van der Waals surface area contributed by atoms with Crippen LogP contribution in [0.15, 0.2) is 48.7 Å². The van der Waals surface area contributed by atoms with Gasteiger partial charge in [-0.2, -0.15) is 0 Å². The molecule has 0 atom stereocenters. The van der Waals surface area contributed by atoms with Crippen LogP contribution in [0.5, 0.6) is 5.75 Å². The van der Waals surface area contributed by atoms with Crippen LogP contribution in [0.1, 0.15) is 30.1 Å². The van der Waals surface area contributed by atoms with E-state index in [0.29, 0.717) is 5.56 Å². The summed E-state index contributed by atoms with van der Waals surface area (Å²) in [5.74, 6) is 0.726. The first-order valence-electron chi connectivity index (χ1n) is 10.6. The monoisotopic (exact) mass is 436 g/mol. The molecule has 1 aliphatic rings. The highest BCUT2D eigenvalue weighted by Gasteiger charge is 2.13. The maximum atomic E-state index is 11.8. The normalized spacial score (nSPS) is 13.9. The van der Waals surface area contributed by atoms with Crippen molar-refractivity contribution < 1.29 is 9.53 Å². The first-order chi connectivity index (χ1) is 15.1. The van der Waals surface area contributed by atoms with Gasteiger partial charge in [-0.3, -0.25) is 9.20 Å². The Labute approximate surface area is 186 Å². The number of likely N-dealkylation sites (tertiary alicyclic amines) is 1. The van der Waals surface area contributed by atoms with Gasteiger partial charge in [-0.25, -0.2) is 4.98 Å². The zero-order valence-electron chi connectivity index (χ0n) is 18.2. The Morgan fingerprint density at radius 3 is 2.68 bits per heavy atom. The van der Waals surface area contributed by atoms with E-state index in [0.717, 1.165) is 32.2 Å². The Balaban J connectivity index is 0.000000282. The minimum absolute atomic E-state index is 0.0833. The lowest BCUT2D eigenvalue weighted by atomic mass is 10.1. The number of imidazole rings is 1. The van der Waals surface area contributed by atoms with Crippen LogP contribution in [0.3, 0.4) is 0 Å². The smallest absolute Gasteiger partial charge is 0.251 e. The number of fused-ring (bicyclic) bond motifs is 3. The van der Waals surface area contributed by atoms with E-state index in [1.54, 1.807) is 25.5 Å². The SMILES string of the molecule is CCN1CCCC1.CNC(=O)c1ccc2c(c1)sc1nc(-c3cccc(OC)c3)cn12. The molecular weight excluding hydrogens is 408 g/mol. The van der Waals surface area contributed by atoms with E-state index >= 15 is 0 Å². The maximum Gasteiger partial charge on any atom is 0.251 e. The Morgan fingerprint density at radius 1 is 1.19 bits per heavy atom. The van der Waals surface area contributed by atoms with Gasteiger partial charge in [-0.15, -0.1) is 0 Å². The summed E-state index contributed by atoms with van der Waals surface area (Å²) in [6.07, 6.45) is 4.87. The molecule has 0 saturated carbocycles. The van der Waals surface area contributed by atoms with E-state index in [9.17, 15) is 4.79 Å². The average molecular weight is 437 g/mol. The number of benzene rings is 2. The quantitative estimate of drug-likeness (QED) is 0.504. The molecule has 1 fully saturated rings. The summed E-state index contributed by atoms with van der Waals surface area (Å²) in [7, 11) is 3.29. The van der Waals surface area contributed by atoms with E-state index in [1.165, 1.54) is 32.5 Å². The predicted molar refractivity (Wildman–Crippen MR) is 127 cm³/mol. The number of aromatic nitrogens is 2. The molecule has 1 saturated heterocycles. The number of hydrogen-bond donors (Lipinski definition) is 1. The summed E-state index contributed by atoms with van der Waals surface area (Å²) in [4.78, 5) is 19.9. The van der Waals surface area contributed by atoms with Crippen LogP contribution >= 0.6 is 11.3 Å². The number of amides is 1. The summed E-state index contributed by atoms with van der Waals surface area (Å²) in [6.45, 7) is 6.16. The number of methoxy groups -OCH3 is 1. The number of hydrogen-bond acceptors (Lipinski definition) is 5. The second-order valence-electron chi connectivity index (χ2n) is 7.52. The Morgan fingerprint density at radius 2 is 2.00 bits per heavy atom. The fraction of sp³-hybridized carbons (Fsp3) is 0.333. The summed E-state index contributed by atoms with van der Waals surface area (Å²) < 4.78 is 8.37. The van der Waals surface area contributed by atoms with Crippen LogP contribution in [0.2, 0.25) is 0 Å². The first-order valence-corrected chi connectivity index (χ1v) is 11.4. The van der Waals surface area contributed by atoms with Crippen LogP contribution < -0.4 is 10.1 Å². The molecule has 4 aromatic rings. The van der Waals surface area contributed by atoms with E-state index in [4.69, 9.17) is 9.72 Å². The zero-order valence-corrected chi connectivity index (χ0v) is 19.0. The number of nitrogens with one attached hydrogen (secondary N) is 1. The number of carbonyl (C=O) groups excluding carboxylic acids is 1. The molecule has 162 valence electrons. The third-order valence-electron chi connectivity index (χ3n) is 5.59. The number of nitrogens with zero attached hydrogens (tertiary/aromatic N) is 3. The molecule has 0 radical (unpaired) electrons. The Hall–Kier alpha value is -2.90. The van der Waals surface area contributed by atoms with Crippen molar-refractivity contribution in [1.82, 2.24) is 19.6 Å². The van der Waals surface area contributed by atoms with Gasteiger partial charge in [0.2, 0.25) is 0 Å². The summed E-state index contributed by atoms with van der Waals surface area (Å²) in [5, 5.41) is 2.65. The van der Waals surface area contributed by atoms with Crippen molar-refractivity contribution in [1.29, 1.82) is 0 Å². The topological polar surface area (TPSA) is 58.9 Å². The molecule has 5 rings (SSSR count). The molecule has 1 aliphatic heterocycles. The molecule has 0 unspecified atom stereocenters. The number of ether oxygens (including phenoxy) is 1. The fourth-order valence-corrected chi connectivity index (χ4v) is 4.85. The van der Waals surface area contributed by atoms with Gasteiger partial charge in [-0.1, -0.05) is 30.4 Å². The van der Waals surface area contributed by atoms with Crippen molar-refractivity contribution in [3.05, 3.63) is 54.2 Å². The van der Waals surface area contributed by atoms with Gasteiger partial charge in [0.25, 0.3) is 5.91 Å². The van der Waals surface area contributed by atoms with Crippen LogP contribution in [0.25, 0.3) is 26.4 Å². The molecule has 3 heterocycles. The van der Waals surface area contributed by atoms with Gasteiger partial charge in [0, 0.05) is 24.4 Å². The van der Waals surface area contributed by atoms with Crippen LogP contribution in [0.4, 0.5) is 0 Å². The zero-order chi connectivity index (χ0) is 21.8. The fourth-order valence-electron chi connectivity index (χ4n) is 3.81. The lowest BCUT2D eigenvalue weighted by Crippen LogP contribution is -2.17. The van der Waals surface area contributed by atoms with Crippen molar-refractivity contribution in [2.24, 2.45) is 0 Å². The van der Waals surface area contributed by atoms with Crippen molar-refractivity contribution in [3.63, 3.8) is 0 Å². The number of thiazole rings is 1. The van der Waals surface area contributed by atoms with Gasteiger partial charge >= 0.3 is 0 Å². The van der Waals surface area contributed by atoms with E-state index < -0.39 is 0 Å². The molecule has 2 aromatic carbocycles. The summed E-state index contributed by atoms with van der Waals surface area (Å²) >= 11 is 1.57. The second-order valence-corrected chi connectivity index (χ2v) is 8.52. The van der Waals surface area contributed by atoms with Crippen LogP contribution in [-0.4, -0.2) is 54.0 Å². The molecule has 2 aromatic heterocycles.